The van der Waals surface area contributed by atoms with Crippen molar-refractivity contribution in [2.24, 2.45) is 7.05 Å². The predicted octanol–water partition coefficient (Wildman–Crippen LogP) is 3.51. The van der Waals surface area contributed by atoms with Crippen LogP contribution >= 0.6 is 11.8 Å². The number of imidazole rings is 1. The molecular formula is C21H25N7OS. The Kier molecular flexibility index (Phi) is 6.39. The van der Waals surface area contributed by atoms with Gasteiger partial charge >= 0.3 is 0 Å². The van der Waals surface area contributed by atoms with Crippen LogP contribution in [-0.2, 0) is 24.0 Å². The summed E-state index contributed by atoms with van der Waals surface area (Å²) in [5.41, 5.74) is 5.58. The zero-order valence-electron chi connectivity index (χ0n) is 17.4. The van der Waals surface area contributed by atoms with Gasteiger partial charge in [0.05, 0.1) is 16.7 Å². The standard InChI is InChI=1S/C21H25N7OS/c1-15-16(8-6-7-13-29-3)11-12-22-18(15)14-30-21-23-17-9-4-5-10-19(17)28(21)20-24-25-26-27(20)2/h4-5,9-12H,6-8,13-14H2,1-3H3. The quantitative estimate of drug-likeness (QED) is 0.301. The summed E-state index contributed by atoms with van der Waals surface area (Å²) in [5.74, 6) is 1.37. The van der Waals surface area contributed by atoms with Crippen molar-refractivity contribution in [3.63, 3.8) is 0 Å². The number of methoxy groups -OCH3 is 1. The molecule has 0 bridgehead atoms. The fraction of sp³-hybridized carbons (Fsp3) is 0.381. The number of hydrogen-bond donors (Lipinski definition) is 0. The number of thioether (sulfide) groups is 1. The van der Waals surface area contributed by atoms with E-state index >= 15 is 0 Å². The molecule has 0 aliphatic heterocycles. The predicted molar refractivity (Wildman–Crippen MR) is 117 cm³/mol. The fourth-order valence-electron chi connectivity index (χ4n) is 3.44. The van der Waals surface area contributed by atoms with Gasteiger partial charge in [-0.25, -0.2) is 9.67 Å². The third kappa shape index (κ3) is 4.22. The Hall–Kier alpha value is -2.78. The minimum absolute atomic E-state index is 0.641. The second kappa shape index (κ2) is 9.36. The third-order valence-corrected chi connectivity index (χ3v) is 6.08. The molecule has 0 spiro atoms. The molecule has 8 nitrogen and oxygen atoms in total. The van der Waals surface area contributed by atoms with Crippen molar-refractivity contribution < 1.29 is 4.74 Å². The van der Waals surface area contributed by atoms with Gasteiger partial charge < -0.3 is 4.74 Å². The smallest absolute Gasteiger partial charge is 0.256 e. The number of aryl methyl sites for hydroxylation is 2. The molecule has 0 amide bonds. The topological polar surface area (TPSA) is 83.5 Å². The summed E-state index contributed by atoms with van der Waals surface area (Å²) in [6.45, 7) is 2.96. The van der Waals surface area contributed by atoms with Gasteiger partial charge in [0.15, 0.2) is 5.16 Å². The molecule has 0 N–H and O–H groups in total. The van der Waals surface area contributed by atoms with Crippen molar-refractivity contribution in [2.45, 2.75) is 37.1 Å². The number of para-hydroxylation sites is 2. The van der Waals surface area contributed by atoms with Crippen molar-refractivity contribution in [3.8, 4) is 5.95 Å². The highest BCUT2D eigenvalue weighted by molar-refractivity contribution is 7.98. The van der Waals surface area contributed by atoms with E-state index in [2.05, 4.69) is 33.5 Å². The molecule has 3 heterocycles. The second-order valence-corrected chi connectivity index (χ2v) is 8.04. The summed E-state index contributed by atoms with van der Waals surface area (Å²) in [6, 6.07) is 10.1. The van der Waals surface area contributed by atoms with Crippen LogP contribution in [0.5, 0.6) is 0 Å². The largest absolute Gasteiger partial charge is 0.385 e. The van der Waals surface area contributed by atoms with E-state index in [4.69, 9.17) is 9.72 Å². The van der Waals surface area contributed by atoms with Gasteiger partial charge in [0.2, 0.25) is 0 Å². The van der Waals surface area contributed by atoms with Crippen molar-refractivity contribution in [2.75, 3.05) is 13.7 Å². The molecule has 0 aliphatic rings. The lowest BCUT2D eigenvalue weighted by molar-refractivity contribution is 0.193. The van der Waals surface area contributed by atoms with Gasteiger partial charge in [-0.15, -0.1) is 0 Å². The van der Waals surface area contributed by atoms with Crippen LogP contribution < -0.4 is 0 Å². The lowest BCUT2D eigenvalue weighted by Gasteiger charge is -2.11. The van der Waals surface area contributed by atoms with Gasteiger partial charge in [0.1, 0.15) is 0 Å². The first-order valence-corrected chi connectivity index (χ1v) is 10.9. The highest BCUT2D eigenvalue weighted by Crippen LogP contribution is 2.29. The van der Waals surface area contributed by atoms with Gasteiger partial charge in [-0.1, -0.05) is 29.0 Å². The van der Waals surface area contributed by atoms with E-state index in [1.54, 1.807) is 23.6 Å². The average Bonchev–Trinajstić information content (AvgIpc) is 3.33. The number of hydrogen-bond acceptors (Lipinski definition) is 7. The van der Waals surface area contributed by atoms with Crippen LogP contribution in [0.3, 0.4) is 0 Å². The summed E-state index contributed by atoms with van der Waals surface area (Å²) in [7, 11) is 3.58. The van der Waals surface area contributed by atoms with Gasteiger partial charge in [-0.2, -0.15) is 0 Å². The Morgan fingerprint density at radius 2 is 2.00 bits per heavy atom. The molecule has 0 unspecified atom stereocenters. The van der Waals surface area contributed by atoms with E-state index in [1.165, 1.54) is 11.1 Å². The normalized spacial score (nSPS) is 11.4. The highest BCUT2D eigenvalue weighted by Gasteiger charge is 2.18. The van der Waals surface area contributed by atoms with Gasteiger partial charge in [0, 0.05) is 32.7 Å². The van der Waals surface area contributed by atoms with Crippen LogP contribution in [0.15, 0.2) is 41.7 Å². The molecule has 4 rings (SSSR count). The molecule has 0 fully saturated rings. The number of ether oxygens (including phenoxy) is 1. The Morgan fingerprint density at radius 1 is 1.13 bits per heavy atom. The van der Waals surface area contributed by atoms with Gasteiger partial charge in [-0.3, -0.25) is 9.55 Å². The second-order valence-electron chi connectivity index (χ2n) is 7.10. The number of rotatable bonds is 9. The maximum atomic E-state index is 5.16. The molecule has 4 aromatic rings. The first-order valence-electron chi connectivity index (χ1n) is 9.94. The van der Waals surface area contributed by atoms with E-state index < -0.39 is 0 Å². The zero-order chi connectivity index (χ0) is 20.9. The number of nitrogens with zero attached hydrogens (tertiary/aromatic N) is 7. The molecular weight excluding hydrogens is 398 g/mol. The molecule has 9 heteroatoms. The van der Waals surface area contributed by atoms with Crippen LogP contribution in [-0.4, -0.2) is 48.5 Å². The molecule has 0 atom stereocenters. The van der Waals surface area contributed by atoms with Crippen LogP contribution in [0.1, 0.15) is 29.7 Å². The number of unbranched alkanes of at least 4 members (excludes halogenated alkanes) is 1. The van der Waals surface area contributed by atoms with E-state index in [1.807, 2.05) is 42.1 Å². The number of tetrazole rings is 1. The summed E-state index contributed by atoms with van der Waals surface area (Å²) in [6.07, 6.45) is 5.13. The molecule has 1 aromatic carbocycles. The summed E-state index contributed by atoms with van der Waals surface area (Å²) >= 11 is 1.65. The lowest BCUT2D eigenvalue weighted by Crippen LogP contribution is -2.06. The molecule has 156 valence electrons. The first-order chi connectivity index (χ1) is 14.7. The monoisotopic (exact) mass is 423 g/mol. The summed E-state index contributed by atoms with van der Waals surface area (Å²) in [5, 5.41) is 12.8. The highest BCUT2D eigenvalue weighted by atomic mass is 32.2. The maximum Gasteiger partial charge on any atom is 0.256 e. The van der Waals surface area contributed by atoms with Crippen molar-refractivity contribution in [3.05, 3.63) is 53.3 Å². The van der Waals surface area contributed by atoms with Crippen LogP contribution in [0, 0.1) is 6.92 Å². The number of aromatic nitrogens is 7. The Bertz CT molecular complexity index is 1140. The van der Waals surface area contributed by atoms with Crippen molar-refractivity contribution in [1.82, 2.24) is 34.7 Å². The van der Waals surface area contributed by atoms with Gasteiger partial charge in [0.25, 0.3) is 5.95 Å². The van der Waals surface area contributed by atoms with Gasteiger partial charge in [-0.05, 0) is 65.9 Å². The van der Waals surface area contributed by atoms with E-state index in [9.17, 15) is 0 Å². The molecule has 30 heavy (non-hydrogen) atoms. The van der Waals surface area contributed by atoms with Crippen molar-refractivity contribution >= 4 is 22.8 Å². The third-order valence-electron chi connectivity index (χ3n) is 5.13. The van der Waals surface area contributed by atoms with Crippen LogP contribution in [0.2, 0.25) is 0 Å². The Morgan fingerprint density at radius 3 is 2.80 bits per heavy atom. The summed E-state index contributed by atoms with van der Waals surface area (Å²) < 4.78 is 8.81. The van der Waals surface area contributed by atoms with Crippen LogP contribution in [0.25, 0.3) is 17.0 Å². The molecule has 0 aliphatic carbocycles. The maximum absolute atomic E-state index is 5.16. The van der Waals surface area contributed by atoms with Crippen LogP contribution in [0.4, 0.5) is 0 Å². The molecule has 0 saturated carbocycles. The zero-order valence-corrected chi connectivity index (χ0v) is 18.3. The molecule has 0 saturated heterocycles. The SMILES string of the molecule is COCCCCc1ccnc(CSc2nc3ccccc3n2-c2nnnn2C)c1C. The van der Waals surface area contributed by atoms with E-state index in [-0.39, 0.29) is 0 Å². The average molecular weight is 424 g/mol. The number of benzene rings is 1. The minimum Gasteiger partial charge on any atom is -0.385 e. The number of fused-ring (bicyclic) bond motifs is 1. The minimum atomic E-state index is 0.641. The Balaban J connectivity index is 1.58. The first kappa shape index (κ1) is 20.5. The summed E-state index contributed by atoms with van der Waals surface area (Å²) in [4.78, 5) is 9.46. The lowest BCUT2D eigenvalue weighted by atomic mass is 10.0. The van der Waals surface area contributed by atoms with E-state index in [0.29, 0.717) is 5.95 Å². The Labute approximate surface area is 179 Å². The molecule has 3 aromatic heterocycles. The molecule has 0 radical (unpaired) electrons. The fourth-order valence-corrected chi connectivity index (χ4v) is 4.47. The van der Waals surface area contributed by atoms with Crippen molar-refractivity contribution in [1.29, 1.82) is 0 Å². The van der Waals surface area contributed by atoms with E-state index in [0.717, 1.165) is 53.5 Å². The number of pyridine rings is 1.